The molecule has 1 unspecified atom stereocenters. The molecule has 1 spiro atoms. The van der Waals surface area contributed by atoms with Gasteiger partial charge in [-0.2, -0.15) is 0 Å². The molecular formula is C19H27N3O. The normalized spacial score (nSPS) is 25.8. The van der Waals surface area contributed by atoms with Gasteiger partial charge in [0.05, 0.1) is 6.04 Å². The zero-order chi connectivity index (χ0) is 15.7. The maximum absolute atomic E-state index is 6.43. The van der Waals surface area contributed by atoms with Crippen molar-refractivity contribution in [2.45, 2.75) is 56.6 Å². The molecule has 4 nitrogen and oxygen atoms in total. The van der Waals surface area contributed by atoms with Crippen LogP contribution >= 0.6 is 0 Å². The van der Waals surface area contributed by atoms with Crippen molar-refractivity contribution in [3.05, 3.63) is 29.8 Å². The number of nitrogens with zero attached hydrogens (tertiary/aromatic N) is 1. The molecule has 1 aromatic rings. The molecule has 1 atom stereocenters. The number of fused-ring (bicyclic) bond motifs is 1. The van der Waals surface area contributed by atoms with Crippen LogP contribution in [-0.2, 0) is 0 Å². The average molecular weight is 313 g/mol. The van der Waals surface area contributed by atoms with Crippen LogP contribution < -0.4 is 15.4 Å². The molecule has 4 rings (SSSR count). The molecule has 2 aliphatic carbocycles. The molecule has 0 bridgehead atoms. The number of aliphatic imine (C=N–C) groups is 1. The molecule has 0 aromatic heterocycles. The van der Waals surface area contributed by atoms with E-state index in [1.807, 2.05) is 7.05 Å². The van der Waals surface area contributed by atoms with Crippen LogP contribution in [0.1, 0.15) is 56.6 Å². The third kappa shape index (κ3) is 3.17. The summed E-state index contributed by atoms with van der Waals surface area (Å²) in [6.07, 6.45) is 8.66. The molecule has 1 heterocycles. The first-order valence-corrected chi connectivity index (χ1v) is 9.03. The third-order valence-electron chi connectivity index (χ3n) is 5.50. The molecule has 2 fully saturated rings. The number of nitrogens with one attached hydrogen (secondary N) is 2. The summed E-state index contributed by atoms with van der Waals surface area (Å²) in [5, 5.41) is 7.14. The first-order valence-electron chi connectivity index (χ1n) is 9.03. The van der Waals surface area contributed by atoms with E-state index in [0.717, 1.165) is 30.6 Å². The number of hydrogen-bond donors (Lipinski definition) is 2. The maximum Gasteiger partial charge on any atom is 0.191 e. The molecule has 124 valence electrons. The second kappa shape index (κ2) is 6.06. The van der Waals surface area contributed by atoms with Gasteiger partial charge >= 0.3 is 0 Å². The Hall–Kier alpha value is -1.71. The van der Waals surface area contributed by atoms with E-state index >= 15 is 0 Å². The fourth-order valence-corrected chi connectivity index (χ4v) is 4.00. The summed E-state index contributed by atoms with van der Waals surface area (Å²) in [7, 11) is 1.86. The Labute approximate surface area is 138 Å². The summed E-state index contributed by atoms with van der Waals surface area (Å²) >= 11 is 0. The molecule has 0 radical (unpaired) electrons. The van der Waals surface area contributed by atoms with E-state index in [0.29, 0.717) is 0 Å². The number of guanidine groups is 1. The van der Waals surface area contributed by atoms with Gasteiger partial charge in [-0.05, 0) is 50.5 Å². The van der Waals surface area contributed by atoms with Crippen molar-refractivity contribution in [3.63, 3.8) is 0 Å². The molecule has 3 aliphatic rings. The Kier molecular flexibility index (Phi) is 3.92. The minimum absolute atomic E-state index is 0.0291. The highest BCUT2D eigenvalue weighted by Crippen LogP contribution is 2.46. The van der Waals surface area contributed by atoms with Gasteiger partial charge in [-0.25, -0.2) is 0 Å². The van der Waals surface area contributed by atoms with E-state index in [1.165, 1.54) is 44.1 Å². The lowest BCUT2D eigenvalue weighted by Crippen LogP contribution is -2.47. The van der Waals surface area contributed by atoms with Crippen molar-refractivity contribution in [1.82, 2.24) is 10.6 Å². The summed E-state index contributed by atoms with van der Waals surface area (Å²) in [5.41, 5.74) is 1.29. The summed E-state index contributed by atoms with van der Waals surface area (Å²) < 4.78 is 6.43. The summed E-state index contributed by atoms with van der Waals surface area (Å²) in [6, 6.07) is 8.75. The van der Waals surface area contributed by atoms with E-state index in [9.17, 15) is 0 Å². The largest absolute Gasteiger partial charge is 0.487 e. The van der Waals surface area contributed by atoms with Gasteiger partial charge in [-0.1, -0.05) is 18.2 Å². The van der Waals surface area contributed by atoms with Crippen molar-refractivity contribution < 1.29 is 4.74 Å². The van der Waals surface area contributed by atoms with Crippen LogP contribution in [0.15, 0.2) is 29.3 Å². The molecule has 2 N–H and O–H groups in total. The summed E-state index contributed by atoms with van der Waals surface area (Å²) in [6.45, 7) is 1.04. The van der Waals surface area contributed by atoms with Gasteiger partial charge in [0.2, 0.25) is 0 Å². The lowest BCUT2D eigenvalue weighted by atomic mass is 9.86. The number of hydrogen-bond acceptors (Lipinski definition) is 2. The molecule has 0 saturated heterocycles. The first kappa shape index (κ1) is 14.9. The Bertz CT molecular complexity index is 588. The van der Waals surface area contributed by atoms with Crippen molar-refractivity contribution in [2.24, 2.45) is 10.9 Å². The number of benzene rings is 1. The molecule has 23 heavy (non-hydrogen) atoms. The zero-order valence-electron chi connectivity index (χ0n) is 14.0. The van der Waals surface area contributed by atoms with E-state index < -0.39 is 0 Å². The molecule has 0 amide bonds. The van der Waals surface area contributed by atoms with Crippen LogP contribution in [0.2, 0.25) is 0 Å². The summed E-state index contributed by atoms with van der Waals surface area (Å²) in [4.78, 5) is 4.42. The number of ether oxygens (including phenoxy) is 1. The number of para-hydroxylation sites is 1. The Morgan fingerprint density at radius 1 is 1.26 bits per heavy atom. The second-order valence-corrected chi connectivity index (χ2v) is 7.33. The van der Waals surface area contributed by atoms with Gasteiger partial charge in [0.1, 0.15) is 11.4 Å². The predicted molar refractivity (Wildman–Crippen MR) is 92.8 cm³/mol. The van der Waals surface area contributed by atoms with Gasteiger partial charge in [0.25, 0.3) is 0 Å². The predicted octanol–water partition coefficient (Wildman–Crippen LogP) is 3.40. The highest BCUT2D eigenvalue weighted by Gasteiger charge is 2.43. The van der Waals surface area contributed by atoms with E-state index in [4.69, 9.17) is 4.74 Å². The maximum atomic E-state index is 6.43. The van der Waals surface area contributed by atoms with Crippen LogP contribution in [0.3, 0.4) is 0 Å². The number of rotatable bonds is 3. The molecular weight excluding hydrogens is 286 g/mol. The summed E-state index contributed by atoms with van der Waals surface area (Å²) in [5.74, 6) is 2.82. The Morgan fingerprint density at radius 3 is 2.78 bits per heavy atom. The van der Waals surface area contributed by atoms with Crippen LogP contribution in [0.4, 0.5) is 0 Å². The molecule has 1 aliphatic heterocycles. The highest BCUT2D eigenvalue weighted by molar-refractivity contribution is 5.80. The zero-order valence-corrected chi connectivity index (χ0v) is 14.0. The van der Waals surface area contributed by atoms with Crippen molar-refractivity contribution in [2.75, 3.05) is 13.6 Å². The molecule has 4 heteroatoms. The van der Waals surface area contributed by atoms with Crippen LogP contribution in [-0.4, -0.2) is 25.2 Å². The van der Waals surface area contributed by atoms with Crippen LogP contribution in [0, 0.1) is 5.92 Å². The lowest BCUT2D eigenvalue weighted by Gasteiger charge is -2.40. The molecule has 2 saturated carbocycles. The standard InChI is InChI=1S/C19H27N3O/c1-20-18(21-13-14-8-9-14)22-16-12-19(10-4-5-11-19)23-17-7-3-2-6-15(16)17/h2-3,6-7,14,16H,4-5,8-13H2,1H3,(H2,20,21,22). The molecule has 1 aromatic carbocycles. The first-order chi connectivity index (χ1) is 11.3. The van der Waals surface area contributed by atoms with Gasteiger partial charge in [0, 0.05) is 25.6 Å². The average Bonchev–Trinajstić information content (AvgIpc) is 3.31. The quantitative estimate of drug-likeness (QED) is 0.664. The Morgan fingerprint density at radius 2 is 2.04 bits per heavy atom. The van der Waals surface area contributed by atoms with Gasteiger partial charge in [-0.15, -0.1) is 0 Å². The van der Waals surface area contributed by atoms with Crippen LogP contribution in [0.25, 0.3) is 0 Å². The highest BCUT2D eigenvalue weighted by atomic mass is 16.5. The topological polar surface area (TPSA) is 45.7 Å². The minimum atomic E-state index is 0.0291. The Balaban J connectivity index is 1.53. The monoisotopic (exact) mass is 313 g/mol. The SMILES string of the molecule is CN=C(NCC1CC1)NC1CC2(CCCC2)Oc2ccccc21. The van der Waals surface area contributed by atoms with E-state index in [1.54, 1.807) is 0 Å². The minimum Gasteiger partial charge on any atom is -0.487 e. The fraction of sp³-hybridized carbons (Fsp3) is 0.632. The fourth-order valence-electron chi connectivity index (χ4n) is 4.00. The van der Waals surface area contributed by atoms with Crippen molar-refractivity contribution >= 4 is 5.96 Å². The smallest absolute Gasteiger partial charge is 0.191 e. The van der Waals surface area contributed by atoms with Gasteiger partial charge < -0.3 is 15.4 Å². The lowest BCUT2D eigenvalue weighted by molar-refractivity contribution is 0.0396. The van der Waals surface area contributed by atoms with E-state index in [2.05, 4.69) is 39.9 Å². The second-order valence-electron chi connectivity index (χ2n) is 7.33. The third-order valence-corrected chi connectivity index (χ3v) is 5.50. The van der Waals surface area contributed by atoms with Gasteiger partial charge in [0.15, 0.2) is 5.96 Å². The van der Waals surface area contributed by atoms with Gasteiger partial charge in [-0.3, -0.25) is 4.99 Å². The van der Waals surface area contributed by atoms with Crippen molar-refractivity contribution in [1.29, 1.82) is 0 Å². The van der Waals surface area contributed by atoms with E-state index in [-0.39, 0.29) is 11.6 Å². The van der Waals surface area contributed by atoms with Crippen molar-refractivity contribution in [3.8, 4) is 5.75 Å². The van der Waals surface area contributed by atoms with Crippen LogP contribution in [0.5, 0.6) is 5.75 Å².